The van der Waals surface area contributed by atoms with Crippen LogP contribution in [0.3, 0.4) is 0 Å². The summed E-state index contributed by atoms with van der Waals surface area (Å²) >= 11 is 12.1. The van der Waals surface area contributed by atoms with E-state index in [2.05, 4.69) is 25.9 Å². The third-order valence-electron chi connectivity index (χ3n) is 4.67. The van der Waals surface area contributed by atoms with Gasteiger partial charge >= 0.3 is 0 Å². The summed E-state index contributed by atoms with van der Waals surface area (Å²) in [6, 6.07) is 5.43. The molecular formula is C16H23Cl2NO. The Morgan fingerprint density at radius 1 is 1.30 bits per heavy atom. The molecule has 0 bridgehead atoms. The van der Waals surface area contributed by atoms with Crippen molar-refractivity contribution < 1.29 is 5.11 Å². The van der Waals surface area contributed by atoms with Gasteiger partial charge < -0.3 is 10.0 Å². The molecule has 1 aliphatic rings. The molecule has 2 nitrogen and oxygen atoms in total. The van der Waals surface area contributed by atoms with Gasteiger partial charge in [-0.1, -0.05) is 49.0 Å². The molecule has 1 saturated carbocycles. The Kier molecular flexibility index (Phi) is 5.01. The number of halogens is 2. The second kappa shape index (κ2) is 6.23. The van der Waals surface area contributed by atoms with Crippen molar-refractivity contribution in [3.8, 4) is 0 Å². The highest BCUT2D eigenvalue weighted by atomic mass is 35.5. The molecule has 0 amide bonds. The van der Waals surface area contributed by atoms with Crippen LogP contribution in [0.4, 0.5) is 0 Å². The van der Waals surface area contributed by atoms with E-state index in [1.165, 1.54) is 6.42 Å². The van der Waals surface area contributed by atoms with Gasteiger partial charge in [0.1, 0.15) is 0 Å². The zero-order valence-corrected chi connectivity index (χ0v) is 13.9. The maximum Gasteiger partial charge on any atom is 0.0974 e. The number of hydrogen-bond acceptors (Lipinski definition) is 2. The zero-order chi connectivity index (χ0) is 14.9. The summed E-state index contributed by atoms with van der Waals surface area (Å²) in [5.41, 5.74) is 0.636. The van der Waals surface area contributed by atoms with Crippen LogP contribution < -0.4 is 0 Å². The molecular weight excluding hydrogens is 293 g/mol. The van der Waals surface area contributed by atoms with Crippen molar-refractivity contribution in [2.24, 2.45) is 5.92 Å². The number of aliphatic hydroxyl groups excluding tert-OH is 1. The first kappa shape index (κ1) is 16.1. The fourth-order valence-corrected chi connectivity index (χ4v) is 3.76. The lowest BCUT2D eigenvalue weighted by atomic mass is 9.71. The van der Waals surface area contributed by atoms with E-state index in [0.717, 1.165) is 24.8 Å². The maximum absolute atomic E-state index is 11.0. The predicted molar refractivity (Wildman–Crippen MR) is 85.5 cm³/mol. The van der Waals surface area contributed by atoms with E-state index in [4.69, 9.17) is 23.2 Å². The van der Waals surface area contributed by atoms with Gasteiger partial charge in [-0.2, -0.15) is 0 Å². The van der Waals surface area contributed by atoms with Crippen molar-refractivity contribution >= 4 is 23.2 Å². The highest BCUT2D eigenvalue weighted by molar-refractivity contribution is 6.42. The molecule has 3 atom stereocenters. The molecule has 1 aromatic rings. The van der Waals surface area contributed by atoms with Crippen molar-refractivity contribution in [1.82, 2.24) is 4.90 Å². The highest BCUT2D eigenvalue weighted by Gasteiger charge is 2.43. The van der Waals surface area contributed by atoms with Crippen LogP contribution in [-0.4, -0.2) is 29.6 Å². The van der Waals surface area contributed by atoms with Crippen LogP contribution >= 0.6 is 23.2 Å². The van der Waals surface area contributed by atoms with Crippen LogP contribution in [0.25, 0.3) is 0 Å². The molecule has 1 aliphatic carbocycles. The summed E-state index contributed by atoms with van der Waals surface area (Å²) in [4.78, 5) is 2.18. The van der Waals surface area contributed by atoms with E-state index in [1.807, 2.05) is 6.07 Å². The second-order valence-corrected chi connectivity index (χ2v) is 7.09. The van der Waals surface area contributed by atoms with E-state index in [1.54, 1.807) is 12.1 Å². The van der Waals surface area contributed by atoms with Gasteiger partial charge in [0.2, 0.25) is 0 Å². The number of hydrogen-bond donors (Lipinski definition) is 1. The van der Waals surface area contributed by atoms with Gasteiger partial charge in [-0.15, -0.1) is 0 Å². The Morgan fingerprint density at radius 3 is 2.55 bits per heavy atom. The number of aliphatic hydroxyl groups is 1. The first-order valence-corrected chi connectivity index (χ1v) is 7.93. The maximum atomic E-state index is 11.0. The normalized spacial score (nSPS) is 28.6. The minimum atomic E-state index is -0.546. The van der Waals surface area contributed by atoms with Crippen molar-refractivity contribution in [3.05, 3.63) is 33.8 Å². The standard InChI is InChI=1S/C16H23Cl2NO/c1-11-5-4-8-16(10-11,19(2)3)15(20)12-6-7-13(17)14(18)9-12/h6-7,9,11,15,20H,4-5,8,10H2,1-3H3. The van der Waals surface area contributed by atoms with E-state index in [-0.39, 0.29) is 5.54 Å². The Labute approximate surface area is 131 Å². The molecule has 1 fully saturated rings. The van der Waals surface area contributed by atoms with Crippen LogP contribution in [-0.2, 0) is 0 Å². The lowest BCUT2D eigenvalue weighted by Gasteiger charge is -2.48. The number of rotatable bonds is 3. The van der Waals surface area contributed by atoms with Gasteiger partial charge in [0.25, 0.3) is 0 Å². The molecule has 0 aliphatic heterocycles. The monoisotopic (exact) mass is 315 g/mol. The first-order valence-electron chi connectivity index (χ1n) is 7.17. The number of benzene rings is 1. The van der Waals surface area contributed by atoms with Crippen molar-refractivity contribution in [2.75, 3.05) is 14.1 Å². The van der Waals surface area contributed by atoms with Crippen LogP contribution in [0.15, 0.2) is 18.2 Å². The minimum Gasteiger partial charge on any atom is -0.386 e. The van der Waals surface area contributed by atoms with E-state index in [9.17, 15) is 5.11 Å². The fraction of sp³-hybridized carbons (Fsp3) is 0.625. The van der Waals surface area contributed by atoms with Crippen LogP contribution in [0.2, 0.25) is 10.0 Å². The largest absolute Gasteiger partial charge is 0.386 e. The smallest absolute Gasteiger partial charge is 0.0974 e. The zero-order valence-electron chi connectivity index (χ0n) is 12.4. The molecule has 0 radical (unpaired) electrons. The predicted octanol–water partition coefficient (Wildman–Crippen LogP) is 4.54. The minimum absolute atomic E-state index is 0.213. The summed E-state index contributed by atoms with van der Waals surface area (Å²) < 4.78 is 0. The topological polar surface area (TPSA) is 23.5 Å². The van der Waals surface area contributed by atoms with Crippen LogP contribution in [0, 0.1) is 5.92 Å². The van der Waals surface area contributed by atoms with Crippen molar-refractivity contribution in [3.63, 3.8) is 0 Å². The van der Waals surface area contributed by atoms with E-state index in [0.29, 0.717) is 16.0 Å². The number of nitrogens with zero attached hydrogens (tertiary/aromatic N) is 1. The first-order chi connectivity index (χ1) is 9.36. The molecule has 0 aromatic heterocycles. The lowest BCUT2D eigenvalue weighted by Crippen LogP contribution is -2.52. The molecule has 20 heavy (non-hydrogen) atoms. The molecule has 0 spiro atoms. The van der Waals surface area contributed by atoms with Gasteiger partial charge in [0, 0.05) is 0 Å². The average molecular weight is 316 g/mol. The average Bonchev–Trinajstić information content (AvgIpc) is 2.40. The summed E-state index contributed by atoms with van der Waals surface area (Å²) in [5.74, 6) is 0.628. The molecule has 0 saturated heterocycles. The van der Waals surface area contributed by atoms with Crippen LogP contribution in [0.5, 0.6) is 0 Å². The lowest BCUT2D eigenvalue weighted by molar-refractivity contribution is -0.0450. The number of likely N-dealkylation sites (N-methyl/N-ethyl adjacent to an activating group) is 1. The van der Waals surface area contributed by atoms with E-state index >= 15 is 0 Å². The van der Waals surface area contributed by atoms with Gasteiger partial charge in [-0.05, 0) is 50.6 Å². The highest BCUT2D eigenvalue weighted by Crippen LogP contribution is 2.44. The van der Waals surface area contributed by atoms with Gasteiger partial charge in [-0.25, -0.2) is 0 Å². The van der Waals surface area contributed by atoms with Crippen molar-refractivity contribution in [1.29, 1.82) is 0 Å². The summed E-state index contributed by atoms with van der Waals surface area (Å²) in [7, 11) is 4.11. The van der Waals surface area contributed by atoms with E-state index < -0.39 is 6.10 Å². The summed E-state index contributed by atoms with van der Waals surface area (Å²) in [6.07, 6.45) is 3.85. The second-order valence-electron chi connectivity index (χ2n) is 6.28. The molecule has 112 valence electrons. The third kappa shape index (κ3) is 2.99. The van der Waals surface area contributed by atoms with Gasteiger partial charge in [0.05, 0.1) is 21.7 Å². The molecule has 1 N–H and O–H groups in total. The van der Waals surface area contributed by atoms with Gasteiger partial charge in [-0.3, -0.25) is 0 Å². The molecule has 0 heterocycles. The fourth-order valence-electron chi connectivity index (χ4n) is 3.46. The SMILES string of the molecule is CC1CCCC(C(O)c2ccc(Cl)c(Cl)c2)(N(C)C)C1. The van der Waals surface area contributed by atoms with Crippen molar-refractivity contribution in [2.45, 2.75) is 44.2 Å². The van der Waals surface area contributed by atoms with Gasteiger partial charge in [0.15, 0.2) is 0 Å². The molecule has 2 rings (SSSR count). The molecule has 3 unspecified atom stereocenters. The quantitative estimate of drug-likeness (QED) is 0.885. The Morgan fingerprint density at radius 2 is 2.00 bits per heavy atom. The molecule has 4 heteroatoms. The molecule has 1 aromatic carbocycles. The summed E-state index contributed by atoms with van der Waals surface area (Å²) in [6.45, 7) is 2.26. The summed E-state index contributed by atoms with van der Waals surface area (Å²) in [5, 5.41) is 12.0. The van der Waals surface area contributed by atoms with Crippen LogP contribution in [0.1, 0.15) is 44.3 Å². The Hall–Kier alpha value is -0.280. The Bertz CT molecular complexity index is 478. The third-order valence-corrected chi connectivity index (χ3v) is 5.41. The Balaban J connectivity index is 2.35.